The molecule has 0 aliphatic heterocycles. The van der Waals surface area contributed by atoms with Gasteiger partial charge < -0.3 is 0 Å². The zero-order valence-electron chi connectivity index (χ0n) is 9.63. The number of terminal acetylenes is 1. The third kappa shape index (κ3) is 3.03. The molecule has 0 bridgehead atoms. The highest BCUT2D eigenvalue weighted by Gasteiger charge is 2.22. The highest BCUT2D eigenvalue weighted by Crippen LogP contribution is 2.24. The van der Waals surface area contributed by atoms with E-state index in [1.807, 2.05) is 0 Å². The molecule has 0 aromatic heterocycles. The lowest BCUT2D eigenvalue weighted by Crippen LogP contribution is -2.40. The molecule has 0 heterocycles. The first-order chi connectivity index (χ1) is 6.79. The van der Waals surface area contributed by atoms with Gasteiger partial charge in [0.05, 0.1) is 0 Å². The first kappa shape index (κ1) is 11.6. The Bertz CT molecular complexity index is 186. The highest BCUT2D eigenvalue weighted by atomic mass is 15.2. The lowest BCUT2D eigenvalue weighted by atomic mass is 9.93. The van der Waals surface area contributed by atoms with Crippen molar-refractivity contribution >= 4 is 0 Å². The third-order valence-electron chi connectivity index (χ3n) is 3.55. The first-order valence-electron chi connectivity index (χ1n) is 5.95. The lowest BCUT2D eigenvalue weighted by Gasteiger charge is -2.36. The maximum Gasteiger partial charge on any atom is 0.0242 e. The molecule has 14 heavy (non-hydrogen) atoms. The molecule has 0 saturated heterocycles. The van der Waals surface area contributed by atoms with E-state index in [0.717, 1.165) is 12.5 Å². The average Bonchev–Trinajstić information content (AvgIpc) is 2.26. The van der Waals surface area contributed by atoms with Gasteiger partial charge in [-0.15, -0.1) is 12.3 Å². The van der Waals surface area contributed by atoms with Gasteiger partial charge >= 0.3 is 0 Å². The summed E-state index contributed by atoms with van der Waals surface area (Å²) in [6, 6.07) is 1.39. The minimum atomic E-state index is 0.600. The molecular formula is C13H23N. The summed E-state index contributed by atoms with van der Waals surface area (Å²) < 4.78 is 0. The van der Waals surface area contributed by atoms with E-state index in [9.17, 15) is 0 Å². The minimum absolute atomic E-state index is 0.600. The van der Waals surface area contributed by atoms with Crippen molar-refractivity contribution in [2.24, 2.45) is 0 Å². The molecule has 1 unspecified atom stereocenters. The molecule has 80 valence electrons. The Kier molecular flexibility index (Phi) is 5.04. The molecule has 1 nitrogen and oxygen atoms in total. The molecule has 0 spiro atoms. The van der Waals surface area contributed by atoms with Crippen molar-refractivity contribution in [2.75, 3.05) is 7.05 Å². The predicted octanol–water partition coefficient (Wildman–Crippen LogP) is 3.05. The molecule has 1 rings (SSSR count). The van der Waals surface area contributed by atoms with E-state index in [0.29, 0.717) is 6.04 Å². The molecule has 1 aliphatic rings. The molecule has 0 aromatic carbocycles. The molecule has 1 atom stereocenters. The number of hydrogen-bond acceptors (Lipinski definition) is 1. The highest BCUT2D eigenvalue weighted by molar-refractivity contribution is 4.91. The monoisotopic (exact) mass is 193 g/mol. The van der Waals surface area contributed by atoms with Gasteiger partial charge in [-0.3, -0.25) is 4.90 Å². The van der Waals surface area contributed by atoms with E-state index >= 15 is 0 Å². The van der Waals surface area contributed by atoms with E-state index in [4.69, 9.17) is 6.42 Å². The van der Waals surface area contributed by atoms with Crippen LogP contribution in [0, 0.1) is 12.3 Å². The topological polar surface area (TPSA) is 3.24 Å². The molecule has 1 aliphatic carbocycles. The van der Waals surface area contributed by atoms with Crippen LogP contribution in [-0.2, 0) is 0 Å². The van der Waals surface area contributed by atoms with E-state index in [1.54, 1.807) is 0 Å². The van der Waals surface area contributed by atoms with Gasteiger partial charge in [-0.25, -0.2) is 0 Å². The Morgan fingerprint density at radius 3 is 2.50 bits per heavy atom. The van der Waals surface area contributed by atoms with Crippen molar-refractivity contribution in [3.63, 3.8) is 0 Å². The largest absolute Gasteiger partial charge is 0.300 e. The van der Waals surface area contributed by atoms with Crippen LogP contribution >= 0.6 is 0 Å². The Labute approximate surface area is 88.9 Å². The molecule has 0 amide bonds. The lowest BCUT2D eigenvalue weighted by molar-refractivity contribution is 0.136. The van der Waals surface area contributed by atoms with E-state index in [-0.39, 0.29) is 0 Å². The normalized spacial score (nSPS) is 20.7. The second-order valence-electron chi connectivity index (χ2n) is 4.43. The minimum Gasteiger partial charge on any atom is -0.300 e. The number of hydrogen-bond donors (Lipinski definition) is 0. The van der Waals surface area contributed by atoms with Crippen LogP contribution in [0.1, 0.15) is 51.9 Å². The van der Waals surface area contributed by atoms with E-state index < -0.39 is 0 Å². The van der Waals surface area contributed by atoms with Gasteiger partial charge in [0, 0.05) is 18.5 Å². The van der Waals surface area contributed by atoms with Crippen molar-refractivity contribution < 1.29 is 0 Å². The SMILES string of the molecule is C#CCC(CC)N(C)C1CCCCC1. The maximum atomic E-state index is 5.40. The average molecular weight is 193 g/mol. The smallest absolute Gasteiger partial charge is 0.0242 e. The van der Waals surface area contributed by atoms with E-state index in [1.165, 1.54) is 38.5 Å². The second kappa shape index (κ2) is 6.09. The fraction of sp³-hybridized carbons (Fsp3) is 0.846. The van der Waals surface area contributed by atoms with Crippen molar-refractivity contribution in [1.29, 1.82) is 0 Å². The Hall–Kier alpha value is -0.480. The van der Waals surface area contributed by atoms with Crippen LogP contribution in [-0.4, -0.2) is 24.0 Å². The second-order valence-corrected chi connectivity index (χ2v) is 4.43. The zero-order chi connectivity index (χ0) is 10.4. The third-order valence-corrected chi connectivity index (χ3v) is 3.55. The summed E-state index contributed by atoms with van der Waals surface area (Å²) in [5, 5.41) is 0. The summed E-state index contributed by atoms with van der Waals surface area (Å²) in [5.74, 6) is 2.80. The standard InChI is InChI=1S/C13H23N/c1-4-9-12(5-2)14(3)13-10-7-6-8-11-13/h1,12-13H,5-11H2,2-3H3. The van der Waals surface area contributed by atoms with Crippen molar-refractivity contribution in [1.82, 2.24) is 4.90 Å². The van der Waals surface area contributed by atoms with Gasteiger partial charge in [0.25, 0.3) is 0 Å². The fourth-order valence-corrected chi connectivity index (χ4v) is 2.50. The van der Waals surface area contributed by atoms with Crippen LogP contribution in [0.15, 0.2) is 0 Å². The van der Waals surface area contributed by atoms with Gasteiger partial charge in [-0.2, -0.15) is 0 Å². The summed E-state index contributed by atoms with van der Waals surface area (Å²) in [4.78, 5) is 2.53. The van der Waals surface area contributed by atoms with Gasteiger partial charge in [0.2, 0.25) is 0 Å². The fourth-order valence-electron chi connectivity index (χ4n) is 2.50. The summed E-state index contributed by atoms with van der Waals surface area (Å²) in [6.45, 7) is 2.24. The maximum absolute atomic E-state index is 5.40. The van der Waals surface area contributed by atoms with Crippen LogP contribution in [0.5, 0.6) is 0 Å². The molecule has 0 N–H and O–H groups in total. The van der Waals surface area contributed by atoms with Crippen molar-refractivity contribution in [3.8, 4) is 12.3 Å². The molecule has 1 heteroatoms. The predicted molar refractivity (Wildman–Crippen MR) is 62.2 cm³/mol. The molecule has 0 aromatic rings. The van der Waals surface area contributed by atoms with Crippen LogP contribution < -0.4 is 0 Å². The summed E-state index contributed by atoms with van der Waals surface area (Å²) in [5.41, 5.74) is 0. The first-order valence-corrected chi connectivity index (χ1v) is 5.95. The van der Waals surface area contributed by atoms with Gasteiger partial charge in [0.15, 0.2) is 0 Å². The molecule has 0 radical (unpaired) electrons. The zero-order valence-corrected chi connectivity index (χ0v) is 9.63. The summed E-state index contributed by atoms with van der Waals surface area (Å²) in [7, 11) is 2.25. The van der Waals surface area contributed by atoms with Crippen LogP contribution in [0.4, 0.5) is 0 Å². The molecular weight excluding hydrogens is 170 g/mol. The van der Waals surface area contributed by atoms with Crippen LogP contribution in [0.25, 0.3) is 0 Å². The summed E-state index contributed by atoms with van der Waals surface area (Å²) in [6.07, 6.45) is 14.5. The summed E-state index contributed by atoms with van der Waals surface area (Å²) >= 11 is 0. The van der Waals surface area contributed by atoms with Crippen molar-refractivity contribution in [3.05, 3.63) is 0 Å². The van der Waals surface area contributed by atoms with E-state index in [2.05, 4.69) is 24.8 Å². The Morgan fingerprint density at radius 2 is 2.00 bits per heavy atom. The van der Waals surface area contributed by atoms with Crippen molar-refractivity contribution in [2.45, 2.75) is 64.0 Å². The van der Waals surface area contributed by atoms with Crippen LogP contribution in [0.3, 0.4) is 0 Å². The Balaban J connectivity index is 2.43. The van der Waals surface area contributed by atoms with Gasteiger partial charge in [-0.05, 0) is 26.3 Å². The van der Waals surface area contributed by atoms with Gasteiger partial charge in [0.1, 0.15) is 0 Å². The molecule has 1 fully saturated rings. The quantitative estimate of drug-likeness (QED) is 0.620. The van der Waals surface area contributed by atoms with Gasteiger partial charge in [-0.1, -0.05) is 26.2 Å². The number of nitrogens with zero attached hydrogens (tertiary/aromatic N) is 1. The Morgan fingerprint density at radius 1 is 1.36 bits per heavy atom. The molecule has 1 saturated carbocycles. The number of rotatable bonds is 4. The van der Waals surface area contributed by atoms with Crippen LogP contribution in [0.2, 0.25) is 0 Å².